The number of carbonyl (C=O) groups excluding carboxylic acids is 1. The fourth-order valence-corrected chi connectivity index (χ4v) is 2.75. The minimum atomic E-state index is -0.571. The third kappa shape index (κ3) is 3.21. The van der Waals surface area contributed by atoms with E-state index in [1.54, 1.807) is 31.2 Å². The summed E-state index contributed by atoms with van der Waals surface area (Å²) in [6.07, 6.45) is 2.77. The van der Waals surface area contributed by atoms with Gasteiger partial charge in [0, 0.05) is 6.07 Å². The first-order chi connectivity index (χ1) is 11.9. The Morgan fingerprint density at radius 2 is 1.88 bits per heavy atom. The van der Waals surface area contributed by atoms with Gasteiger partial charge in [-0.15, -0.1) is 0 Å². The Kier molecular flexibility index (Phi) is 4.23. The third-order valence-corrected chi connectivity index (χ3v) is 3.99. The summed E-state index contributed by atoms with van der Waals surface area (Å²) in [6, 6.07) is 7.51. The van der Waals surface area contributed by atoms with Crippen LogP contribution in [-0.2, 0) is 0 Å². The lowest BCUT2D eigenvalue weighted by Crippen LogP contribution is -2.21. The first-order valence-corrected chi connectivity index (χ1v) is 7.78. The lowest BCUT2D eigenvalue weighted by molar-refractivity contribution is 0.0844. The number of ether oxygens (including phenoxy) is 1. The molecular weight excluding hydrogens is 320 g/mol. The molecule has 25 heavy (non-hydrogen) atoms. The molecule has 5 heteroatoms. The molecule has 3 rings (SSSR count). The van der Waals surface area contributed by atoms with Gasteiger partial charge in [0.15, 0.2) is 5.78 Å². The van der Waals surface area contributed by atoms with Crippen molar-refractivity contribution in [3.05, 3.63) is 65.3 Å². The van der Waals surface area contributed by atoms with E-state index in [0.29, 0.717) is 5.56 Å². The number of rotatable bonds is 3. The van der Waals surface area contributed by atoms with Crippen LogP contribution in [-0.4, -0.2) is 21.1 Å². The zero-order valence-corrected chi connectivity index (χ0v) is 13.7. The van der Waals surface area contributed by atoms with Gasteiger partial charge in [-0.05, 0) is 30.7 Å². The van der Waals surface area contributed by atoms with Crippen molar-refractivity contribution in [3.63, 3.8) is 0 Å². The topological polar surface area (TPSA) is 87.0 Å². The summed E-state index contributed by atoms with van der Waals surface area (Å²) >= 11 is 0. The number of hydrogen-bond acceptors (Lipinski definition) is 5. The Morgan fingerprint density at radius 1 is 1.20 bits per heavy atom. The van der Waals surface area contributed by atoms with Gasteiger partial charge in [-0.3, -0.25) is 4.79 Å². The van der Waals surface area contributed by atoms with E-state index in [4.69, 9.17) is 4.74 Å². The summed E-state index contributed by atoms with van der Waals surface area (Å²) in [6.45, 7) is 5.56. The summed E-state index contributed by atoms with van der Waals surface area (Å²) in [4.78, 5) is 12.5. The molecule has 0 saturated carbocycles. The summed E-state index contributed by atoms with van der Waals surface area (Å²) < 4.78 is 5.95. The summed E-state index contributed by atoms with van der Waals surface area (Å²) in [7, 11) is 0. The molecule has 1 heterocycles. The number of Topliss-reactive ketones (excluding diaryl/α,β-unsaturated/α-hetero) is 1. The van der Waals surface area contributed by atoms with E-state index in [-0.39, 0.29) is 40.8 Å². The molecule has 5 nitrogen and oxygen atoms in total. The monoisotopic (exact) mass is 338 g/mol. The van der Waals surface area contributed by atoms with Crippen LogP contribution in [0.2, 0.25) is 0 Å². The second-order valence-electron chi connectivity index (χ2n) is 6.04. The molecule has 0 aliphatic carbocycles. The number of aromatic hydroxyl groups is 3. The number of allylic oxidation sites excluding steroid dienone is 2. The molecule has 0 bridgehead atoms. The molecular formula is C20H18O5. The number of fused-ring (bicyclic) bond motifs is 1. The fraction of sp³-hybridized carbons (Fsp3) is 0.150. The molecule has 2 aromatic rings. The minimum Gasteiger partial charge on any atom is -0.508 e. The molecule has 0 aromatic heterocycles. The molecule has 128 valence electrons. The molecule has 3 N–H and O–H groups in total. The largest absolute Gasteiger partial charge is 0.508 e. The molecule has 0 radical (unpaired) electrons. The van der Waals surface area contributed by atoms with E-state index in [2.05, 4.69) is 6.58 Å². The van der Waals surface area contributed by atoms with E-state index < -0.39 is 6.10 Å². The summed E-state index contributed by atoms with van der Waals surface area (Å²) in [5.41, 5.74) is 1.86. The molecule has 2 aromatic carbocycles. The number of carbonyl (C=O) groups is 1. The van der Waals surface area contributed by atoms with E-state index >= 15 is 0 Å². The van der Waals surface area contributed by atoms with Gasteiger partial charge in [-0.25, -0.2) is 0 Å². The van der Waals surface area contributed by atoms with Gasteiger partial charge in [0.2, 0.25) is 0 Å². The number of ketones is 1. The van der Waals surface area contributed by atoms with Gasteiger partial charge in [0.25, 0.3) is 0 Å². The van der Waals surface area contributed by atoms with Crippen molar-refractivity contribution >= 4 is 11.9 Å². The first-order valence-electron chi connectivity index (χ1n) is 7.78. The van der Waals surface area contributed by atoms with Gasteiger partial charge < -0.3 is 20.1 Å². The molecule has 0 fully saturated rings. The zero-order valence-electron chi connectivity index (χ0n) is 13.7. The molecule has 1 atom stereocenters. The quantitative estimate of drug-likeness (QED) is 0.734. The lowest BCUT2D eigenvalue weighted by atomic mass is 9.93. The van der Waals surface area contributed by atoms with E-state index in [1.165, 1.54) is 12.1 Å². The summed E-state index contributed by atoms with van der Waals surface area (Å²) in [5, 5.41) is 29.7. The average molecular weight is 338 g/mol. The maximum absolute atomic E-state index is 12.5. The van der Waals surface area contributed by atoms with Crippen molar-refractivity contribution in [2.24, 2.45) is 0 Å². The van der Waals surface area contributed by atoms with E-state index in [1.807, 2.05) is 0 Å². The first kappa shape index (κ1) is 16.6. The van der Waals surface area contributed by atoms with Crippen molar-refractivity contribution in [1.82, 2.24) is 0 Å². The average Bonchev–Trinajstić information content (AvgIpc) is 2.54. The number of benzene rings is 2. The highest BCUT2D eigenvalue weighted by molar-refractivity contribution is 6.04. The van der Waals surface area contributed by atoms with Gasteiger partial charge in [-0.1, -0.05) is 30.4 Å². The van der Waals surface area contributed by atoms with Crippen LogP contribution in [0.5, 0.6) is 23.0 Å². The van der Waals surface area contributed by atoms with Gasteiger partial charge >= 0.3 is 0 Å². The Bertz CT molecular complexity index is 878. The molecule has 0 unspecified atom stereocenters. The van der Waals surface area contributed by atoms with Crippen LogP contribution >= 0.6 is 0 Å². The lowest BCUT2D eigenvalue weighted by Gasteiger charge is -2.27. The van der Waals surface area contributed by atoms with Crippen LogP contribution in [0.4, 0.5) is 0 Å². The predicted octanol–water partition coefficient (Wildman–Crippen LogP) is 4.10. The Morgan fingerprint density at radius 3 is 2.52 bits per heavy atom. The van der Waals surface area contributed by atoms with Gasteiger partial charge in [0.05, 0.1) is 12.0 Å². The molecule has 1 aliphatic heterocycles. The van der Waals surface area contributed by atoms with Crippen LogP contribution in [0.1, 0.15) is 40.9 Å². The van der Waals surface area contributed by atoms with E-state index in [0.717, 1.165) is 17.2 Å². The smallest absolute Gasteiger partial charge is 0.174 e. The van der Waals surface area contributed by atoms with E-state index in [9.17, 15) is 20.1 Å². The van der Waals surface area contributed by atoms with Crippen molar-refractivity contribution in [1.29, 1.82) is 0 Å². The standard InChI is InChI=1S/C20H18O5/c1-11(2)3-8-14-15(22)9-16(23)19-17(24)10-18(25-20(14)19)12-4-6-13(21)7-5-12/h3-9,18,21-23H,1,10H2,2H3/t18-/m0/s1. The van der Waals surface area contributed by atoms with Gasteiger partial charge in [-0.2, -0.15) is 0 Å². The highest BCUT2D eigenvalue weighted by Crippen LogP contribution is 2.45. The molecule has 0 saturated heterocycles. The molecule has 1 aliphatic rings. The number of phenols is 3. The van der Waals surface area contributed by atoms with Crippen LogP contribution < -0.4 is 4.74 Å². The van der Waals surface area contributed by atoms with Crippen LogP contribution in [0.3, 0.4) is 0 Å². The Hall–Kier alpha value is -3.21. The third-order valence-electron chi connectivity index (χ3n) is 3.99. The number of phenolic OH excluding ortho intramolecular Hbond substituents is 3. The second kappa shape index (κ2) is 6.36. The Labute approximate surface area is 145 Å². The highest BCUT2D eigenvalue weighted by Gasteiger charge is 2.33. The van der Waals surface area contributed by atoms with Crippen molar-refractivity contribution in [3.8, 4) is 23.0 Å². The maximum Gasteiger partial charge on any atom is 0.174 e. The van der Waals surface area contributed by atoms with Crippen molar-refractivity contribution in [2.45, 2.75) is 19.4 Å². The molecule has 0 amide bonds. The Balaban J connectivity index is 2.10. The second-order valence-corrected chi connectivity index (χ2v) is 6.04. The highest BCUT2D eigenvalue weighted by atomic mass is 16.5. The summed E-state index contributed by atoms with van der Waals surface area (Å²) in [5.74, 6) is -0.514. The predicted molar refractivity (Wildman–Crippen MR) is 94.0 cm³/mol. The normalized spacial score (nSPS) is 16.5. The van der Waals surface area contributed by atoms with Crippen LogP contribution in [0.25, 0.3) is 6.08 Å². The molecule has 0 spiro atoms. The van der Waals surface area contributed by atoms with Crippen LogP contribution in [0.15, 0.2) is 48.6 Å². The zero-order chi connectivity index (χ0) is 18.1. The SMILES string of the molecule is C=C(C)C=Cc1c(O)cc(O)c2c1O[C@H](c1ccc(O)cc1)CC2=O. The maximum atomic E-state index is 12.5. The van der Waals surface area contributed by atoms with Gasteiger partial charge in [0.1, 0.15) is 34.7 Å². The number of hydrogen-bond donors (Lipinski definition) is 3. The van der Waals surface area contributed by atoms with Crippen molar-refractivity contribution in [2.75, 3.05) is 0 Å². The van der Waals surface area contributed by atoms with Crippen molar-refractivity contribution < 1.29 is 24.9 Å². The van der Waals surface area contributed by atoms with Crippen LogP contribution in [0, 0.1) is 0 Å². The fourth-order valence-electron chi connectivity index (χ4n) is 2.75. The minimum absolute atomic E-state index is 0.0553.